The predicted octanol–water partition coefficient (Wildman–Crippen LogP) is 1.39. The van der Waals surface area contributed by atoms with Gasteiger partial charge >= 0.3 is 5.97 Å². The number of carbonyl (C=O) groups is 1. The van der Waals surface area contributed by atoms with Gasteiger partial charge in [-0.25, -0.2) is 0 Å². The molecule has 0 aliphatic carbocycles. The molecule has 0 amide bonds. The van der Waals surface area contributed by atoms with Crippen molar-refractivity contribution in [3.8, 4) is 0 Å². The summed E-state index contributed by atoms with van der Waals surface area (Å²) < 4.78 is 28.2. The summed E-state index contributed by atoms with van der Waals surface area (Å²) in [4.78, 5) is 10.9. The van der Waals surface area contributed by atoms with Crippen molar-refractivity contribution in [1.82, 2.24) is 0 Å². The maximum atomic E-state index is 10.9. The molecular formula is C7H14O5S. The van der Waals surface area contributed by atoms with Crippen LogP contribution in [-0.4, -0.2) is 33.0 Å². The van der Waals surface area contributed by atoms with Crippen LogP contribution in [0.4, 0.5) is 0 Å². The Morgan fingerprint density at radius 1 is 1.69 bits per heavy atom. The molecule has 1 rings (SSSR count). The number of esters is 1. The molecule has 2 atom stereocenters. The van der Waals surface area contributed by atoms with E-state index in [1.165, 1.54) is 0 Å². The van der Waals surface area contributed by atoms with E-state index in [2.05, 4.69) is 0 Å². The van der Waals surface area contributed by atoms with Crippen LogP contribution >= 0.6 is 10.9 Å². The molecule has 6 heteroatoms. The van der Waals surface area contributed by atoms with Gasteiger partial charge in [0.15, 0.2) is 0 Å². The number of carbonyl (C=O) groups excluding carboxylic acids is 1. The Kier molecular flexibility index (Phi) is 3.18. The third kappa shape index (κ3) is 2.34. The highest BCUT2D eigenvalue weighted by Gasteiger charge is 2.43. The van der Waals surface area contributed by atoms with Gasteiger partial charge in [-0.2, -0.15) is 0 Å². The van der Waals surface area contributed by atoms with E-state index in [0.717, 1.165) is 0 Å². The van der Waals surface area contributed by atoms with Gasteiger partial charge in [0.25, 0.3) is 0 Å². The fourth-order valence-electron chi connectivity index (χ4n) is 0.990. The van der Waals surface area contributed by atoms with Gasteiger partial charge in [-0.1, -0.05) is 6.92 Å². The lowest BCUT2D eigenvalue weighted by atomic mass is 10.3. The minimum absolute atomic E-state index is 0.0647. The quantitative estimate of drug-likeness (QED) is 0.673. The minimum atomic E-state index is -3.01. The van der Waals surface area contributed by atoms with Crippen molar-refractivity contribution in [3.05, 3.63) is 0 Å². The Balaban J connectivity index is 2.51. The lowest BCUT2D eigenvalue weighted by molar-refractivity contribution is -0.148. The third-order valence-corrected chi connectivity index (χ3v) is 3.74. The van der Waals surface area contributed by atoms with E-state index in [-0.39, 0.29) is 19.0 Å². The standard InChI is InChI=1S/C7H14O5S/c1-3-7(8)12-6-4-11-13(9,10)5(6)2/h5-6,9-10H,3-4H2,1-2H3. The van der Waals surface area contributed by atoms with Crippen LogP contribution in [0, 0.1) is 0 Å². The van der Waals surface area contributed by atoms with Crippen LogP contribution in [-0.2, 0) is 13.7 Å². The zero-order valence-corrected chi connectivity index (χ0v) is 8.41. The summed E-state index contributed by atoms with van der Waals surface area (Å²) in [6.45, 7) is 3.34. The van der Waals surface area contributed by atoms with Gasteiger partial charge < -0.3 is 13.8 Å². The average molecular weight is 210 g/mol. The first-order valence-electron chi connectivity index (χ1n) is 4.08. The monoisotopic (exact) mass is 210 g/mol. The fraction of sp³-hybridized carbons (Fsp3) is 0.857. The lowest BCUT2D eigenvalue weighted by Gasteiger charge is -2.25. The number of hydrogen-bond acceptors (Lipinski definition) is 5. The SMILES string of the molecule is CCC(=O)OC1COS(O)(O)C1C. The summed E-state index contributed by atoms with van der Waals surface area (Å²) in [6, 6.07) is 0. The zero-order valence-electron chi connectivity index (χ0n) is 7.60. The van der Waals surface area contributed by atoms with E-state index in [1.54, 1.807) is 13.8 Å². The highest BCUT2D eigenvalue weighted by molar-refractivity contribution is 8.20. The molecule has 1 heterocycles. The molecule has 0 saturated carbocycles. The molecule has 0 radical (unpaired) electrons. The van der Waals surface area contributed by atoms with Gasteiger partial charge in [-0.15, -0.1) is 0 Å². The topological polar surface area (TPSA) is 76.0 Å². The minimum Gasteiger partial charge on any atom is -0.458 e. The van der Waals surface area contributed by atoms with E-state index in [4.69, 9.17) is 8.92 Å². The first-order chi connectivity index (χ1) is 5.97. The molecule has 5 nitrogen and oxygen atoms in total. The Labute approximate surface area is 78.6 Å². The van der Waals surface area contributed by atoms with Crippen molar-refractivity contribution in [2.45, 2.75) is 31.6 Å². The van der Waals surface area contributed by atoms with E-state index in [1.807, 2.05) is 0 Å². The number of ether oxygens (including phenoxy) is 1. The van der Waals surface area contributed by atoms with Crippen LogP contribution in [0.2, 0.25) is 0 Å². The largest absolute Gasteiger partial charge is 0.458 e. The second-order valence-corrected chi connectivity index (χ2v) is 4.96. The summed E-state index contributed by atoms with van der Waals surface area (Å²) >= 11 is 0. The molecule has 0 aromatic rings. The van der Waals surface area contributed by atoms with Crippen LogP contribution in [0.5, 0.6) is 0 Å². The Morgan fingerprint density at radius 2 is 2.31 bits per heavy atom. The van der Waals surface area contributed by atoms with Crippen molar-refractivity contribution in [1.29, 1.82) is 0 Å². The summed E-state index contributed by atoms with van der Waals surface area (Å²) in [5.41, 5.74) is 0. The van der Waals surface area contributed by atoms with Gasteiger partial charge in [-0.3, -0.25) is 8.98 Å². The molecule has 2 unspecified atom stereocenters. The van der Waals surface area contributed by atoms with E-state index < -0.39 is 22.2 Å². The summed E-state index contributed by atoms with van der Waals surface area (Å²) in [6.07, 6.45) is -0.250. The molecule has 78 valence electrons. The number of rotatable bonds is 2. The van der Waals surface area contributed by atoms with Crippen LogP contribution in [0.1, 0.15) is 20.3 Å². The molecule has 1 saturated heterocycles. The average Bonchev–Trinajstić information content (AvgIpc) is 2.32. The van der Waals surface area contributed by atoms with E-state index >= 15 is 0 Å². The van der Waals surface area contributed by atoms with Crippen molar-refractivity contribution >= 4 is 16.8 Å². The highest BCUT2D eigenvalue weighted by Crippen LogP contribution is 2.52. The first-order valence-corrected chi connectivity index (χ1v) is 5.61. The highest BCUT2D eigenvalue weighted by atomic mass is 32.3. The summed E-state index contributed by atoms with van der Waals surface area (Å²) in [5, 5.41) is -0.539. The maximum Gasteiger partial charge on any atom is 0.305 e. The zero-order chi connectivity index (χ0) is 10.1. The molecule has 0 aromatic carbocycles. The van der Waals surface area contributed by atoms with Gasteiger partial charge in [0.1, 0.15) is 12.7 Å². The van der Waals surface area contributed by atoms with Crippen molar-refractivity contribution in [2.24, 2.45) is 0 Å². The molecule has 1 aliphatic heterocycles. The van der Waals surface area contributed by atoms with Crippen molar-refractivity contribution in [2.75, 3.05) is 6.61 Å². The van der Waals surface area contributed by atoms with E-state index in [9.17, 15) is 13.9 Å². The normalized spacial score (nSPS) is 34.2. The van der Waals surface area contributed by atoms with Crippen molar-refractivity contribution < 1.29 is 22.8 Å². The number of hydrogen-bond donors (Lipinski definition) is 2. The van der Waals surface area contributed by atoms with Crippen LogP contribution in [0.3, 0.4) is 0 Å². The molecule has 1 fully saturated rings. The summed E-state index contributed by atoms with van der Waals surface area (Å²) in [5.74, 6) is -0.349. The lowest BCUT2D eigenvalue weighted by Crippen LogP contribution is -2.27. The molecule has 1 aliphatic rings. The van der Waals surface area contributed by atoms with Crippen LogP contribution < -0.4 is 0 Å². The fourth-order valence-corrected chi connectivity index (χ4v) is 2.07. The Hall–Kier alpha value is -0.300. The Bertz CT molecular complexity index is 205. The maximum absolute atomic E-state index is 10.9. The molecule has 13 heavy (non-hydrogen) atoms. The summed E-state index contributed by atoms with van der Waals surface area (Å²) in [7, 11) is -3.01. The molecule has 0 bridgehead atoms. The van der Waals surface area contributed by atoms with Gasteiger partial charge in [-0.05, 0) is 6.92 Å². The van der Waals surface area contributed by atoms with Crippen LogP contribution in [0.25, 0.3) is 0 Å². The van der Waals surface area contributed by atoms with Gasteiger partial charge in [0.05, 0.1) is 16.1 Å². The molecule has 2 N–H and O–H groups in total. The third-order valence-electron chi connectivity index (χ3n) is 1.99. The molecular weight excluding hydrogens is 196 g/mol. The van der Waals surface area contributed by atoms with Crippen LogP contribution in [0.15, 0.2) is 0 Å². The smallest absolute Gasteiger partial charge is 0.305 e. The van der Waals surface area contributed by atoms with E-state index in [0.29, 0.717) is 0 Å². The predicted molar refractivity (Wildman–Crippen MR) is 48.4 cm³/mol. The van der Waals surface area contributed by atoms with Crippen molar-refractivity contribution in [3.63, 3.8) is 0 Å². The molecule has 0 spiro atoms. The Morgan fingerprint density at radius 3 is 2.69 bits per heavy atom. The first kappa shape index (κ1) is 10.8. The second kappa shape index (κ2) is 3.83. The van der Waals surface area contributed by atoms with Gasteiger partial charge in [0.2, 0.25) is 0 Å². The van der Waals surface area contributed by atoms with Gasteiger partial charge in [0, 0.05) is 6.42 Å². The molecule has 0 aromatic heterocycles. The second-order valence-electron chi connectivity index (χ2n) is 2.91.